The van der Waals surface area contributed by atoms with E-state index in [-0.39, 0.29) is 39.7 Å². The fourth-order valence-corrected chi connectivity index (χ4v) is 3.75. The zero-order valence-corrected chi connectivity index (χ0v) is 21.6. The van der Waals surface area contributed by atoms with Gasteiger partial charge in [-0.3, -0.25) is 0 Å². The van der Waals surface area contributed by atoms with E-state index in [4.69, 9.17) is 0 Å². The summed E-state index contributed by atoms with van der Waals surface area (Å²) in [6, 6.07) is 9.37. The van der Waals surface area contributed by atoms with Gasteiger partial charge in [0, 0.05) is 0 Å². The number of rotatable bonds is 0. The molecule has 0 amide bonds. The molecular formula is C22H36Cl2SiTi-4. The quantitative estimate of drug-likeness (QED) is 0.343. The fourth-order valence-electron chi connectivity index (χ4n) is 3.75. The van der Waals surface area contributed by atoms with Crippen LogP contribution >= 0.6 is 24.8 Å². The van der Waals surface area contributed by atoms with Crippen molar-refractivity contribution in [3.8, 4) is 0 Å². The molecule has 0 radical (unpaired) electrons. The number of halogens is 2. The molecule has 4 rings (SSSR count). The molecule has 150 valence electrons. The van der Waals surface area contributed by atoms with Crippen LogP contribution in [0.2, 0.25) is 0 Å². The van der Waals surface area contributed by atoms with E-state index in [0.29, 0.717) is 0 Å². The monoisotopic (exact) mass is 446 g/mol. The van der Waals surface area contributed by atoms with E-state index in [1.165, 1.54) is 62.5 Å². The van der Waals surface area contributed by atoms with Gasteiger partial charge in [-0.15, -0.1) is 24.8 Å². The van der Waals surface area contributed by atoms with Crippen LogP contribution in [0.1, 0.15) is 59.1 Å². The van der Waals surface area contributed by atoms with Gasteiger partial charge in [-0.05, 0) is 0 Å². The van der Waals surface area contributed by atoms with Crippen molar-refractivity contribution < 1.29 is 19.2 Å². The summed E-state index contributed by atoms with van der Waals surface area (Å²) in [7, 11) is 1.86. The molecule has 2 aliphatic rings. The Labute approximate surface area is 188 Å². The Hall–Kier alpha value is 0.211. The van der Waals surface area contributed by atoms with Gasteiger partial charge in [0.1, 0.15) is 0 Å². The summed E-state index contributed by atoms with van der Waals surface area (Å²) in [6.45, 7) is 4.39. The summed E-state index contributed by atoms with van der Waals surface area (Å²) < 4.78 is 0. The zero-order valence-electron chi connectivity index (χ0n) is 17.0. The molecule has 0 N–H and O–H groups in total. The Morgan fingerprint density at radius 1 is 0.692 bits per heavy atom. The van der Waals surface area contributed by atoms with Crippen molar-refractivity contribution in [3.63, 3.8) is 0 Å². The molecule has 0 heterocycles. The van der Waals surface area contributed by atoms with Crippen LogP contribution in [0.5, 0.6) is 0 Å². The van der Waals surface area contributed by atoms with Crippen LogP contribution < -0.4 is 0 Å². The molecule has 0 aromatic heterocycles. The second-order valence-electron chi connectivity index (χ2n) is 6.58. The molecule has 4 heteroatoms. The first-order chi connectivity index (χ1) is 10.7. The Morgan fingerprint density at radius 3 is 1.31 bits per heavy atom. The van der Waals surface area contributed by atoms with Crippen molar-refractivity contribution in [2.24, 2.45) is 0 Å². The van der Waals surface area contributed by atoms with Crippen LogP contribution in [-0.2, 0) is 44.9 Å². The average Bonchev–Trinajstić information content (AvgIpc) is 3.10. The molecular weight excluding hydrogens is 411 g/mol. The molecule has 0 spiro atoms. The minimum atomic E-state index is 0. The number of hydrogen-bond acceptors (Lipinski definition) is 0. The zero-order chi connectivity index (χ0) is 15.9. The predicted molar refractivity (Wildman–Crippen MR) is 123 cm³/mol. The summed E-state index contributed by atoms with van der Waals surface area (Å²) in [5, 5.41) is 0. The molecule has 0 saturated heterocycles. The predicted octanol–water partition coefficient (Wildman–Crippen LogP) is 6.01. The van der Waals surface area contributed by atoms with E-state index in [9.17, 15) is 0 Å². The third kappa shape index (κ3) is 8.93. The van der Waals surface area contributed by atoms with Crippen molar-refractivity contribution in [1.82, 2.24) is 0 Å². The molecule has 26 heavy (non-hydrogen) atoms. The van der Waals surface area contributed by atoms with Crippen molar-refractivity contribution in [2.45, 2.75) is 65.2 Å². The molecule has 0 saturated carbocycles. The van der Waals surface area contributed by atoms with E-state index in [1.807, 2.05) is 26.8 Å². The molecule has 2 aromatic carbocycles. The van der Waals surface area contributed by atoms with Crippen LogP contribution in [0.15, 0.2) is 24.3 Å². The topological polar surface area (TPSA) is 0 Å². The molecule has 0 unspecified atom stereocenters. The fraction of sp³-hybridized carbons (Fsp3) is 0.455. The Bertz CT molecular complexity index is 502. The van der Waals surface area contributed by atoms with Gasteiger partial charge in [0.15, 0.2) is 0 Å². The minimum absolute atomic E-state index is 0. The molecule has 0 nitrogen and oxygen atoms in total. The summed E-state index contributed by atoms with van der Waals surface area (Å²) in [5.41, 5.74) is 9.36. The molecule has 0 fully saturated rings. The summed E-state index contributed by atoms with van der Waals surface area (Å²) in [4.78, 5) is 0. The second kappa shape index (κ2) is 16.2. The van der Waals surface area contributed by atoms with Gasteiger partial charge in [-0.1, -0.05) is 65.2 Å². The van der Waals surface area contributed by atoms with Crippen molar-refractivity contribution in [2.75, 3.05) is 0 Å². The maximum absolute atomic E-state index is 2.34. The van der Waals surface area contributed by atoms with Crippen molar-refractivity contribution in [3.05, 3.63) is 72.5 Å². The van der Waals surface area contributed by atoms with Gasteiger partial charge in [-0.25, -0.2) is 12.1 Å². The van der Waals surface area contributed by atoms with Crippen LogP contribution in [0, 0.1) is 28.7 Å². The molecule has 0 aliphatic heterocycles. The standard InChI is InChI=1S/2C10H13.2CH3.2ClH.H2Si.Ti/c2*1-8-6-9-4-2-3-5-10(9)7-8;;;;;;/h2*6-7H,2-5H2,1H3;2*1H3;2*1H;1H2;/q4*-1;;;;. The molecule has 2 aliphatic carbocycles. The van der Waals surface area contributed by atoms with Crippen LogP contribution in [0.3, 0.4) is 0 Å². The third-order valence-electron chi connectivity index (χ3n) is 4.72. The number of hydrogen-bond donors (Lipinski definition) is 0. The first-order valence-electron chi connectivity index (χ1n) is 8.58. The first-order valence-corrected chi connectivity index (χ1v) is 12.6. The van der Waals surface area contributed by atoms with Gasteiger partial charge < -0.3 is 14.9 Å². The summed E-state index contributed by atoms with van der Waals surface area (Å²) >= 11 is 2.03. The van der Waals surface area contributed by atoms with Gasteiger partial charge >= 0.3 is 26.8 Å². The third-order valence-corrected chi connectivity index (χ3v) is 4.72. The van der Waals surface area contributed by atoms with E-state index < -0.39 is 0 Å². The van der Waals surface area contributed by atoms with Crippen LogP contribution in [0.4, 0.5) is 0 Å². The van der Waals surface area contributed by atoms with Gasteiger partial charge in [0.25, 0.3) is 0 Å². The Morgan fingerprint density at radius 2 is 1.00 bits per heavy atom. The van der Waals surface area contributed by atoms with Crippen molar-refractivity contribution in [1.29, 1.82) is 0 Å². The molecule has 0 atom stereocenters. The first kappa shape index (κ1) is 30.9. The number of aryl methyl sites for hydroxylation is 6. The SMILES string of the molecule is Cc1cc2c([cH-]1)CCCC2.Cc1cc2c([cH-]1)CCCC2.Cl.Cl.[CH3-].[CH3-].[SiH2]=[Ti]. The van der Waals surface area contributed by atoms with Crippen molar-refractivity contribution >= 4 is 32.4 Å². The second-order valence-corrected chi connectivity index (χ2v) is 6.58. The number of fused-ring (bicyclic) bond motifs is 2. The molecule has 2 aromatic rings. The maximum atomic E-state index is 2.34. The van der Waals surface area contributed by atoms with E-state index in [0.717, 1.165) is 0 Å². The summed E-state index contributed by atoms with van der Waals surface area (Å²) in [5.74, 6) is 0. The Balaban J connectivity index is -0.000000326. The van der Waals surface area contributed by atoms with E-state index in [1.54, 1.807) is 22.3 Å². The van der Waals surface area contributed by atoms with Gasteiger partial charge in [-0.2, -0.15) is 45.5 Å². The van der Waals surface area contributed by atoms with Gasteiger partial charge in [0.2, 0.25) is 0 Å². The van der Waals surface area contributed by atoms with Crippen LogP contribution in [-0.4, -0.2) is 7.63 Å². The van der Waals surface area contributed by atoms with Crippen LogP contribution in [0.25, 0.3) is 0 Å². The van der Waals surface area contributed by atoms with E-state index >= 15 is 0 Å². The summed E-state index contributed by atoms with van der Waals surface area (Å²) in [6.07, 6.45) is 10.9. The Kier molecular flexibility index (Phi) is 19.3. The van der Waals surface area contributed by atoms with Gasteiger partial charge in [0.05, 0.1) is 0 Å². The van der Waals surface area contributed by atoms with E-state index in [2.05, 4.69) is 38.1 Å². The average molecular weight is 447 g/mol. The molecule has 0 bridgehead atoms. The normalized spacial score (nSPS) is 13.1.